The van der Waals surface area contributed by atoms with Gasteiger partial charge >= 0.3 is 12.1 Å². The monoisotopic (exact) mass is 317 g/mol. The molecule has 3 nitrogen and oxygen atoms in total. The fourth-order valence-corrected chi connectivity index (χ4v) is 2.25. The lowest BCUT2D eigenvalue weighted by Crippen LogP contribution is -2.29. The maximum Gasteiger partial charge on any atom is 0.416 e. The van der Waals surface area contributed by atoms with Crippen LogP contribution in [0.3, 0.4) is 0 Å². The molecule has 0 radical (unpaired) electrons. The summed E-state index contributed by atoms with van der Waals surface area (Å²) in [5.74, 6) is -1.25. The third-order valence-electron chi connectivity index (χ3n) is 3.52. The number of halogens is 3. The van der Waals surface area contributed by atoms with Crippen molar-refractivity contribution >= 4 is 5.97 Å². The zero-order valence-corrected chi connectivity index (χ0v) is 12.9. The summed E-state index contributed by atoms with van der Waals surface area (Å²) in [6, 6.07) is 5.39. The van der Waals surface area contributed by atoms with E-state index in [1.54, 1.807) is 13.0 Å². The molecule has 1 aromatic carbocycles. The largest absolute Gasteiger partial charge is 0.481 e. The quantitative estimate of drug-likeness (QED) is 0.744. The second-order valence-corrected chi connectivity index (χ2v) is 5.66. The Balaban J connectivity index is 2.34. The van der Waals surface area contributed by atoms with Gasteiger partial charge in [0.25, 0.3) is 0 Å². The number of hydrogen-bond donors (Lipinski definition) is 1. The second-order valence-electron chi connectivity index (χ2n) is 5.66. The summed E-state index contributed by atoms with van der Waals surface area (Å²) < 4.78 is 37.8. The first kappa shape index (κ1) is 18.5. The Kier molecular flexibility index (Phi) is 6.87. The second kappa shape index (κ2) is 8.17. The van der Waals surface area contributed by atoms with Gasteiger partial charge in [0.05, 0.1) is 11.5 Å². The lowest BCUT2D eigenvalue weighted by molar-refractivity contribution is -0.141. The van der Waals surface area contributed by atoms with Gasteiger partial charge in [-0.2, -0.15) is 13.2 Å². The minimum Gasteiger partial charge on any atom is -0.481 e. The molecule has 0 bridgehead atoms. The van der Waals surface area contributed by atoms with Crippen LogP contribution >= 0.6 is 0 Å². The Hall–Kier alpha value is -1.56. The van der Waals surface area contributed by atoms with Gasteiger partial charge < -0.3 is 10.0 Å². The van der Waals surface area contributed by atoms with E-state index in [0.717, 1.165) is 25.5 Å². The molecular formula is C16H22F3NO2. The molecule has 1 atom stereocenters. The molecule has 0 amide bonds. The Morgan fingerprint density at radius 2 is 2.00 bits per heavy atom. The average Bonchev–Trinajstić information content (AvgIpc) is 2.43. The van der Waals surface area contributed by atoms with Gasteiger partial charge in [-0.3, -0.25) is 4.79 Å². The molecule has 22 heavy (non-hydrogen) atoms. The van der Waals surface area contributed by atoms with Gasteiger partial charge in [-0.05, 0) is 44.5 Å². The Morgan fingerprint density at radius 3 is 2.59 bits per heavy atom. The third kappa shape index (κ3) is 6.47. The molecule has 0 fully saturated rings. The predicted molar refractivity (Wildman–Crippen MR) is 78.7 cm³/mol. The predicted octanol–water partition coefficient (Wildman–Crippen LogP) is 3.68. The van der Waals surface area contributed by atoms with E-state index >= 15 is 0 Å². The van der Waals surface area contributed by atoms with E-state index < -0.39 is 23.6 Å². The van der Waals surface area contributed by atoms with E-state index in [4.69, 9.17) is 5.11 Å². The van der Waals surface area contributed by atoms with Crippen LogP contribution in [0.2, 0.25) is 0 Å². The van der Waals surface area contributed by atoms with Crippen LogP contribution in [-0.4, -0.2) is 36.1 Å². The van der Waals surface area contributed by atoms with Crippen LogP contribution in [0.4, 0.5) is 13.2 Å². The van der Waals surface area contributed by atoms with Gasteiger partial charge in [0.1, 0.15) is 0 Å². The van der Waals surface area contributed by atoms with Crippen LogP contribution in [0.25, 0.3) is 0 Å². The molecule has 0 saturated heterocycles. The van der Waals surface area contributed by atoms with Crippen molar-refractivity contribution in [2.45, 2.75) is 32.4 Å². The lowest BCUT2D eigenvalue weighted by Gasteiger charge is -2.18. The fraction of sp³-hybridized carbons (Fsp3) is 0.562. The van der Waals surface area contributed by atoms with Crippen molar-refractivity contribution in [2.24, 2.45) is 5.92 Å². The number of alkyl halides is 3. The van der Waals surface area contributed by atoms with Crippen LogP contribution in [0.15, 0.2) is 24.3 Å². The molecule has 1 aromatic rings. The molecule has 0 spiro atoms. The number of unbranched alkanes of at least 4 members (excludes halogenated alkanes) is 1. The number of nitrogens with zero attached hydrogens (tertiary/aromatic N) is 1. The Bertz CT molecular complexity index is 489. The highest BCUT2D eigenvalue weighted by Gasteiger charge is 2.30. The van der Waals surface area contributed by atoms with Crippen molar-refractivity contribution in [3.8, 4) is 0 Å². The van der Waals surface area contributed by atoms with E-state index in [0.29, 0.717) is 18.5 Å². The Morgan fingerprint density at radius 1 is 1.32 bits per heavy atom. The first-order valence-electron chi connectivity index (χ1n) is 7.27. The third-order valence-corrected chi connectivity index (χ3v) is 3.52. The van der Waals surface area contributed by atoms with Crippen molar-refractivity contribution in [3.05, 3.63) is 35.4 Å². The van der Waals surface area contributed by atoms with E-state index in [1.807, 2.05) is 11.9 Å². The summed E-state index contributed by atoms with van der Waals surface area (Å²) in [5, 5.41) is 8.82. The van der Waals surface area contributed by atoms with Gasteiger partial charge in [0.2, 0.25) is 0 Å². The number of carbonyl (C=O) groups is 1. The van der Waals surface area contributed by atoms with E-state index in [9.17, 15) is 18.0 Å². The van der Waals surface area contributed by atoms with Crippen molar-refractivity contribution in [2.75, 3.05) is 20.1 Å². The summed E-state index contributed by atoms with van der Waals surface area (Å²) >= 11 is 0. The standard InChI is InChI=1S/C16H22F3NO2/c1-12(15(21)22)11-20(2)9-4-3-6-13-7-5-8-14(10-13)16(17,18)19/h5,7-8,10,12H,3-4,6,9,11H2,1-2H3,(H,21,22). The maximum absolute atomic E-state index is 12.6. The number of carboxylic acid groups (broad SMARTS) is 1. The van der Waals surface area contributed by atoms with Crippen molar-refractivity contribution in [3.63, 3.8) is 0 Å². The first-order chi connectivity index (χ1) is 10.2. The Labute approximate surface area is 128 Å². The summed E-state index contributed by atoms with van der Waals surface area (Å²) in [6.07, 6.45) is -2.12. The van der Waals surface area contributed by atoms with E-state index in [1.165, 1.54) is 12.1 Å². The highest BCUT2D eigenvalue weighted by Crippen LogP contribution is 2.29. The van der Waals surface area contributed by atoms with E-state index in [-0.39, 0.29) is 0 Å². The molecule has 0 aliphatic carbocycles. The van der Waals surface area contributed by atoms with Crippen LogP contribution in [0, 0.1) is 5.92 Å². The summed E-state index contributed by atoms with van der Waals surface area (Å²) in [4.78, 5) is 12.7. The van der Waals surface area contributed by atoms with Gasteiger partial charge in [-0.25, -0.2) is 0 Å². The first-order valence-corrected chi connectivity index (χ1v) is 7.27. The van der Waals surface area contributed by atoms with Crippen LogP contribution in [-0.2, 0) is 17.4 Å². The van der Waals surface area contributed by atoms with Crippen molar-refractivity contribution in [1.82, 2.24) is 4.90 Å². The summed E-state index contributed by atoms with van der Waals surface area (Å²) in [6.45, 7) is 2.86. The fourth-order valence-electron chi connectivity index (χ4n) is 2.25. The van der Waals surface area contributed by atoms with Crippen LogP contribution < -0.4 is 0 Å². The molecule has 1 rings (SSSR count). The summed E-state index contributed by atoms with van der Waals surface area (Å²) in [5.41, 5.74) is 0.0637. The number of aryl methyl sites for hydroxylation is 1. The van der Waals surface area contributed by atoms with Gasteiger partial charge in [0, 0.05) is 6.54 Å². The average molecular weight is 317 g/mol. The molecule has 0 heterocycles. The number of benzene rings is 1. The lowest BCUT2D eigenvalue weighted by atomic mass is 10.0. The zero-order valence-electron chi connectivity index (χ0n) is 12.9. The molecular weight excluding hydrogens is 295 g/mol. The number of aliphatic carboxylic acids is 1. The number of carboxylic acids is 1. The topological polar surface area (TPSA) is 40.5 Å². The minimum atomic E-state index is -4.30. The minimum absolute atomic E-state index is 0.423. The van der Waals surface area contributed by atoms with Crippen molar-refractivity contribution in [1.29, 1.82) is 0 Å². The molecule has 1 unspecified atom stereocenters. The van der Waals surface area contributed by atoms with Crippen LogP contribution in [0.1, 0.15) is 30.9 Å². The molecule has 124 valence electrons. The maximum atomic E-state index is 12.6. The van der Waals surface area contributed by atoms with Gasteiger partial charge in [-0.1, -0.05) is 25.1 Å². The molecule has 0 saturated carbocycles. The highest BCUT2D eigenvalue weighted by molar-refractivity contribution is 5.69. The molecule has 6 heteroatoms. The molecule has 0 aliphatic rings. The number of rotatable bonds is 8. The zero-order chi connectivity index (χ0) is 16.8. The smallest absolute Gasteiger partial charge is 0.416 e. The van der Waals surface area contributed by atoms with Crippen molar-refractivity contribution < 1.29 is 23.1 Å². The van der Waals surface area contributed by atoms with Gasteiger partial charge in [0.15, 0.2) is 0 Å². The number of hydrogen-bond acceptors (Lipinski definition) is 2. The normalized spacial score (nSPS) is 13.4. The molecule has 0 aliphatic heterocycles. The van der Waals surface area contributed by atoms with Crippen LogP contribution in [0.5, 0.6) is 0 Å². The summed E-state index contributed by atoms with van der Waals surface area (Å²) in [7, 11) is 1.85. The highest BCUT2D eigenvalue weighted by atomic mass is 19.4. The molecule has 0 aromatic heterocycles. The van der Waals surface area contributed by atoms with E-state index in [2.05, 4.69) is 0 Å². The SMILES string of the molecule is CC(CN(C)CCCCc1cccc(C(F)(F)F)c1)C(=O)O. The molecule has 1 N–H and O–H groups in total. The van der Waals surface area contributed by atoms with Gasteiger partial charge in [-0.15, -0.1) is 0 Å².